The molecule has 0 aliphatic rings. The van der Waals surface area contributed by atoms with Crippen LogP contribution in [0, 0.1) is 6.92 Å². The van der Waals surface area contributed by atoms with Gasteiger partial charge in [-0.25, -0.2) is 0 Å². The van der Waals surface area contributed by atoms with Crippen molar-refractivity contribution in [3.63, 3.8) is 0 Å². The maximum absolute atomic E-state index is 11.2. The van der Waals surface area contributed by atoms with Gasteiger partial charge in [0.15, 0.2) is 0 Å². The highest BCUT2D eigenvalue weighted by Gasteiger charge is 2.29. The summed E-state index contributed by atoms with van der Waals surface area (Å²) in [4.78, 5) is 13.2. The summed E-state index contributed by atoms with van der Waals surface area (Å²) < 4.78 is 0. The number of benzene rings is 1. The van der Waals surface area contributed by atoms with E-state index in [9.17, 15) is 9.90 Å². The third-order valence-electron chi connectivity index (χ3n) is 2.83. The van der Waals surface area contributed by atoms with Gasteiger partial charge < -0.3 is 15.3 Å². The van der Waals surface area contributed by atoms with Gasteiger partial charge in [0.1, 0.15) is 6.04 Å². The van der Waals surface area contributed by atoms with E-state index in [1.165, 1.54) is 0 Å². The fourth-order valence-electron chi connectivity index (χ4n) is 2.06. The molecule has 0 fully saturated rings. The van der Waals surface area contributed by atoms with Crippen LogP contribution in [0.25, 0.3) is 0 Å². The Morgan fingerprint density at radius 2 is 2.06 bits per heavy atom. The zero-order valence-electron chi connectivity index (χ0n) is 10.8. The van der Waals surface area contributed by atoms with Crippen LogP contribution in [0.2, 0.25) is 0 Å². The maximum atomic E-state index is 11.2. The third-order valence-corrected chi connectivity index (χ3v) is 2.83. The lowest BCUT2D eigenvalue weighted by atomic mass is 9.97. The van der Waals surface area contributed by atoms with Crippen LogP contribution in [-0.4, -0.2) is 43.2 Å². The second-order valence-electron chi connectivity index (χ2n) is 4.43. The average molecular weight is 236 g/mol. The lowest BCUT2D eigenvalue weighted by Gasteiger charge is -2.30. The molecule has 0 saturated heterocycles. The van der Waals surface area contributed by atoms with Crippen molar-refractivity contribution in [1.29, 1.82) is 0 Å². The van der Waals surface area contributed by atoms with Gasteiger partial charge in [0.2, 0.25) is 0 Å². The van der Waals surface area contributed by atoms with Crippen molar-refractivity contribution >= 4 is 5.97 Å². The molecule has 2 unspecified atom stereocenters. The van der Waals surface area contributed by atoms with Crippen LogP contribution < -0.4 is 5.32 Å². The summed E-state index contributed by atoms with van der Waals surface area (Å²) in [5.74, 6) is -0.840. The van der Waals surface area contributed by atoms with Gasteiger partial charge >= 0.3 is 5.97 Å². The molecular formula is C13H20N2O2. The molecule has 0 aliphatic heterocycles. The van der Waals surface area contributed by atoms with E-state index in [1.807, 2.05) is 50.2 Å². The number of nitrogens with one attached hydrogen (secondary N) is 1. The largest absolute Gasteiger partial charge is 0.480 e. The molecule has 0 aromatic heterocycles. The summed E-state index contributed by atoms with van der Waals surface area (Å²) in [5, 5.41) is 12.1. The average Bonchev–Trinajstić information content (AvgIpc) is 2.24. The number of hydrogen-bond donors (Lipinski definition) is 2. The summed E-state index contributed by atoms with van der Waals surface area (Å²) in [6.07, 6.45) is 0. The number of aliphatic carboxylic acids is 1. The first-order valence-corrected chi connectivity index (χ1v) is 5.60. The number of carboxylic acids is 1. The van der Waals surface area contributed by atoms with Crippen molar-refractivity contribution in [2.24, 2.45) is 0 Å². The van der Waals surface area contributed by atoms with Crippen molar-refractivity contribution < 1.29 is 9.90 Å². The number of hydrogen-bond acceptors (Lipinski definition) is 3. The topological polar surface area (TPSA) is 52.6 Å². The summed E-state index contributed by atoms with van der Waals surface area (Å²) in [6, 6.07) is 7.15. The van der Waals surface area contributed by atoms with Crippen molar-refractivity contribution in [2.75, 3.05) is 21.1 Å². The summed E-state index contributed by atoms with van der Waals surface area (Å²) in [7, 11) is 5.45. The summed E-state index contributed by atoms with van der Waals surface area (Å²) in [5.41, 5.74) is 2.14. The molecule has 17 heavy (non-hydrogen) atoms. The first-order valence-electron chi connectivity index (χ1n) is 5.60. The van der Waals surface area contributed by atoms with Crippen molar-refractivity contribution in [3.05, 3.63) is 35.4 Å². The SMILES string of the molecule is CNC(C(=O)O)C(c1cccc(C)c1)N(C)C. The number of carbonyl (C=O) groups is 1. The van der Waals surface area contributed by atoms with E-state index in [1.54, 1.807) is 7.05 Å². The van der Waals surface area contributed by atoms with Crippen LogP contribution in [0.4, 0.5) is 0 Å². The van der Waals surface area contributed by atoms with Crippen molar-refractivity contribution in [1.82, 2.24) is 10.2 Å². The Morgan fingerprint density at radius 3 is 2.47 bits per heavy atom. The minimum atomic E-state index is -0.840. The van der Waals surface area contributed by atoms with E-state index < -0.39 is 12.0 Å². The van der Waals surface area contributed by atoms with Crippen LogP contribution in [0.3, 0.4) is 0 Å². The molecule has 1 aromatic carbocycles. The monoisotopic (exact) mass is 236 g/mol. The molecule has 0 radical (unpaired) electrons. The number of aryl methyl sites for hydroxylation is 1. The molecule has 0 spiro atoms. The highest BCUT2D eigenvalue weighted by atomic mass is 16.4. The van der Waals surface area contributed by atoms with Crippen molar-refractivity contribution in [2.45, 2.75) is 19.0 Å². The van der Waals surface area contributed by atoms with Crippen LogP contribution >= 0.6 is 0 Å². The van der Waals surface area contributed by atoms with Gasteiger partial charge in [0.05, 0.1) is 6.04 Å². The van der Waals surface area contributed by atoms with Crippen LogP contribution in [0.1, 0.15) is 17.2 Å². The third kappa shape index (κ3) is 3.28. The zero-order chi connectivity index (χ0) is 13.0. The predicted molar refractivity (Wildman–Crippen MR) is 68.1 cm³/mol. The number of carboxylic acid groups (broad SMARTS) is 1. The lowest BCUT2D eigenvalue weighted by Crippen LogP contribution is -2.45. The molecule has 1 rings (SSSR count). The number of likely N-dealkylation sites (N-methyl/N-ethyl adjacent to an activating group) is 2. The first kappa shape index (κ1) is 13.7. The molecule has 94 valence electrons. The highest BCUT2D eigenvalue weighted by molar-refractivity contribution is 5.74. The predicted octanol–water partition coefficient (Wildman–Crippen LogP) is 1.27. The molecule has 1 aromatic rings. The quantitative estimate of drug-likeness (QED) is 0.808. The standard InChI is InChI=1S/C13H20N2O2/c1-9-6-5-7-10(8-9)12(15(3)4)11(14-2)13(16)17/h5-8,11-12,14H,1-4H3,(H,16,17). The van der Waals surface area contributed by atoms with Gasteiger partial charge in [-0.1, -0.05) is 29.8 Å². The highest BCUT2D eigenvalue weighted by Crippen LogP contribution is 2.23. The summed E-state index contributed by atoms with van der Waals surface area (Å²) >= 11 is 0. The number of rotatable bonds is 5. The van der Waals surface area contributed by atoms with Crippen LogP contribution in [-0.2, 0) is 4.79 Å². The molecule has 2 atom stereocenters. The second-order valence-corrected chi connectivity index (χ2v) is 4.43. The van der Waals surface area contributed by atoms with E-state index >= 15 is 0 Å². The molecule has 4 nitrogen and oxygen atoms in total. The number of nitrogens with zero attached hydrogens (tertiary/aromatic N) is 1. The molecule has 0 bridgehead atoms. The Hall–Kier alpha value is -1.39. The Balaban J connectivity index is 3.12. The molecular weight excluding hydrogens is 216 g/mol. The van der Waals surface area contributed by atoms with Crippen LogP contribution in [0.15, 0.2) is 24.3 Å². The van der Waals surface area contributed by atoms with E-state index in [0.29, 0.717) is 0 Å². The summed E-state index contributed by atoms with van der Waals surface area (Å²) in [6.45, 7) is 2.01. The molecule has 0 aliphatic carbocycles. The Kier molecular flexibility index (Phi) is 4.66. The van der Waals surface area contributed by atoms with Crippen LogP contribution in [0.5, 0.6) is 0 Å². The fraction of sp³-hybridized carbons (Fsp3) is 0.462. The van der Waals surface area contributed by atoms with E-state index in [2.05, 4.69) is 5.32 Å². The van der Waals surface area contributed by atoms with Gasteiger partial charge in [0, 0.05) is 0 Å². The maximum Gasteiger partial charge on any atom is 0.322 e. The fourth-order valence-corrected chi connectivity index (χ4v) is 2.06. The van der Waals surface area contributed by atoms with E-state index in [0.717, 1.165) is 11.1 Å². The van der Waals surface area contributed by atoms with Gasteiger partial charge in [-0.15, -0.1) is 0 Å². The Bertz CT molecular complexity index is 391. The zero-order valence-corrected chi connectivity index (χ0v) is 10.8. The van der Waals surface area contributed by atoms with Gasteiger partial charge in [-0.3, -0.25) is 4.79 Å². The van der Waals surface area contributed by atoms with Gasteiger partial charge in [0.25, 0.3) is 0 Å². The molecule has 0 heterocycles. The molecule has 0 amide bonds. The van der Waals surface area contributed by atoms with E-state index in [-0.39, 0.29) is 6.04 Å². The smallest absolute Gasteiger partial charge is 0.322 e. The minimum absolute atomic E-state index is 0.183. The Morgan fingerprint density at radius 1 is 1.41 bits per heavy atom. The molecule has 2 N–H and O–H groups in total. The van der Waals surface area contributed by atoms with E-state index in [4.69, 9.17) is 0 Å². The molecule has 4 heteroatoms. The van der Waals surface area contributed by atoms with Gasteiger partial charge in [-0.05, 0) is 33.6 Å². The minimum Gasteiger partial charge on any atom is -0.480 e. The van der Waals surface area contributed by atoms with Crippen molar-refractivity contribution in [3.8, 4) is 0 Å². The normalized spacial score (nSPS) is 14.6. The molecule has 0 saturated carbocycles. The lowest BCUT2D eigenvalue weighted by molar-refractivity contribution is -0.141. The van der Waals surface area contributed by atoms with Gasteiger partial charge in [-0.2, -0.15) is 0 Å². The second kappa shape index (κ2) is 5.80. The first-order chi connectivity index (χ1) is 7.97. The Labute approximate surface area is 102 Å².